The van der Waals surface area contributed by atoms with Gasteiger partial charge in [-0.15, -0.1) is 0 Å². The van der Waals surface area contributed by atoms with Crippen LogP contribution < -0.4 is 5.56 Å². The van der Waals surface area contributed by atoms with Crippen LogP contribution in [0.5, 0.6) is 0 Å². The van der Waals surface area contributed by atoms with Crippen molar-refractivity contribution in [3.8, 4) is 0 Å². The van der Waals surface area contributed by atoms with Crippen LogP contribution in [0, 0.1) is 0 Å². The number of pyridine rings is 1. The van der Waals surface area contributed by atoms with Crippen LogP contribution in [0.4, 0.5) is 0 Å². The molecular formula is C21H13N3O. The van der Waals surface area contributed by atoms with Gasteiger partial charge < -0.3 is 15.0 Å². The molecule has 0 saturated carbocycles. The zero-order valence-corrected chi connectivity index (χ0v) is 13.2. The van der Waals surface area contributed by atoms with Crippen molar-refractivity contribution in [3.05, 3.63) is 71.0 Å². The number of benzene rings is 3. The Morgan fingerprint density at radius 2 is 1.28 bits per heavy atom. The molecule has 3 heterocycles. The predicted molar refractivity (Wildman–Crippen MR) is 103 cm³/mol. The normalized spacial score (nSPS) is 12.2. The summed E-state index contributed by atoms with van der Waals surface area (Å²) in [5.41, 5.74) is 3.95. The Morgan fingerprint density at radius 1 is 0.560 bits per heavy atom. The van der Waals surface area contributed by atoms with Crippen LogP contribution in [0.15, 0.2) is 65.5 Å². The van der Waals surface area contributed by atoms with E-state index in [1.165, 1.54) is 10.8 Å². The number of fused-ring (bicyclic) bond motifs is 8. The Balaban J connectivity index is 1.91. The molecule has 0 fully saturated rings. The molecule has 0 amide bonds. The molecule has 118 valence electrons. The van der Waals surface area contributed by atoms with Gasteiger partial charge in [0, 0.05) is 43.5 Å². The third kappa shape index (κ3) is 1.58. The lowest BCUT2D eigenvalue weighted by Gasteiger charge is -1.99. The monoisotopic (exact) mass is 323 g/mol. The maximum absolute atomic E-state index is 12.3. The van der Waals surface area contributed by atoms with Crippen LogP contribution in [-0.4, -0.2) is 15.0 Å². The zero-order chi connectivity index (χ0) is 16.5. The minimum absolute atomic E-state index is 0.0642. The number of H-pyrrole nitrogens is 3. The summed E-state index contributed by atoms with van der Waals surface area (Å²) in [5.74, 6) is 0. The number of hydrogen-bond donors (Lipinski definition) is 3. The molecule has 6 rings (SSSR count). The van der Waals surface area contributed by atoms with E-state index in [1.807, 2.05) is 30.3 Å². The van der Waals surface area contributed by atoms with Crippen molar-refractivity contribution in [1.82, 2.24) is 15.0 Å². The number of aromatic amines is 3. The van der Waals surface area contributed by atoms with Gasteiger partial charge in [-0.3, -0.25) is 4.79 Å². The highest BCUT2D eigenvalue weighted by Gasteiger charge is 2.13. The van der Waals surface area contributed by atoms with E-state index in [0.717, 1.165) is 43.7 Å². The van der Waals surface area contributed by atoms with Gasteiger partial charge in [-0.25, -0.2) is 0 Å². The van der Waals surface area contributed by atoms with Crippen LogP contribution in [0.25, 0.3) is 54.5 Å². The molecule has 0 saturated heterocycles. The number of hydrogen-bond acceptors (Lipinski definition) is 1. The van der Waals surface area contributed by atoms with Gasteiger partial charge in [-0.05, 0) is 29.7 Å². The summed E-state index contributed by atoms with van der Waals surface area (Å²) in [6.45, 7) is 0. The fraction of sp³-hybridized carbons (Fsp3) is 0. The highest BCUT2D eigenvalue weighted by atomic mass is 16.1. The van der Waals surface area contributed by atoms with E-state index in [1.54, 1.807) is 0 Å². The zero-order valence-electron chi connectivity index (χ0n) is 13.2. The van der Waals surface area contributed by atoms with E-state index in [9.17, 15) is 4.79 Å². The topological polar surface area (TPSA) is 64.4 Å². The molecule has 4 nitrogen and oxygen atoms in total. The molecule has 25 heavy (non-hydrogen) atoms. The molecule has 0 aliphatic rings. The molecule has 3 N–H and O–H groups in total. The molecule has 3 aromatic heterocycles. The summed E-state index contributed by atoms with van der Waals surface area (Å²) in [7, 11) is 0. The lowest BCUT2D eigenvalue weighted by molar-refractivity contribution is 1.30. The summed E-state index contributed by atoms with van der Waals surface area (Å²) in [5, 5.41) is 6.29. The first kappa shape index (κ1) is 12.8. The standard InChI is InChI=1S/C21H13N3O/c25-21-13-7-2-1-6-12(13)19-15-9-14-11-5-3-4-8-16(11)22-17(14)10-18(15)23-20(19)24-21/h1-10,22H,(H2,23,24,25). The fourth-order valence-electron chi connectivity index (χ4n) is 3.99. The quantitative estimate of drug-likeness (QED) is 0.369. The molecule has 0 bridgehead atoms. The first-order valence-corrected chi connectivity index (χ1v) is 8.26. The van der Waals surface area contributed by atoms with Gasteiger partial charge in [-0.1, -0.05) is 36.4 Å². The second-order valence-electron chi connectivity index (χ2n) is 6.49. The summed E-state index contributed by atoms with van der Waals surface area (Å²) in [4.78, 5) is 22.2. The average Bonchev–Trinajstić information content (AvgIpc) is 3.17. The largest absolute Gasteiger partial charge is 0.354 e. The van der Waals surface area contributed by atoms with Gasteiger partial charge in [0.25, 0.3) is 5.56 Å². The first-order chi connectivity index (χ1) is 12.3. The van der Waals surface area contributed by atoms with Crippen molar-refractivity contribution < 1.29 is 0 Å². The van der Waals surface area contributed by atoms with E-state index in [0.29, 0.717) is 0 Å². The summed E-state index contributed by atoms with van der Waals surface area (Å²) in [6, 6.07) is 20.4. The highest BCUT2D eigenvalue weighted by molar-refractivity contribution is 6.22. The van der Waals surface area contributed by atoms with Gasteiger partial charge in [0.1, 0.15) is 5.65 Å². The Kier molecular flexibility index (Phi) is 2.21. The third-order valence-electron chi connectivity index (χ3n) is 5.10. The van der Waals surface area contributed by atoms with Crippen LogP contribution in [0.2, 0.25) is 0 Å². The summed E-state index contributed by atoms with van der Waals surface area (Å²) < 4.78 is 0. The van der Waals surface area contributed by atoms with Gasteiger partial charge >= 0.3 is 0 Å². The molecule has 3 aromatic carbocycles. The average molecular weight is 323 g/mol. The Labute approximate surface area is 141 Å². The van der Waals surface area contributed by atoms with E-state index in [4.69, 9.17) is 0 Å². The highest BCUT2D eigenvalue weighted by Crippen LogP contribution is 2.34. The van der Waals surface area contributed by atoms with Crippen molar-refractivity contribution in [1.29, 1.82) is 0 Å². The van der Waals surface area contributed by atoms with E-state index in [-0.39, 0.29) is 5.56 Å². The molecule has 6 aromatic rings. The Morgan fingerprint density at radius 3 is 2.16 bits per heavy atom. The van der Waals surface area contributed by atoms with E-state index >= 15 is 0 Å². The summed E-state index contributed by atoms with van der Waals surface area (Å²) in [6.07, 6.45) is 0. The summed E-state index contributed by atoms with van der Waals surface area (Å²) >= 11 is 0. The van der Waals surface area contributed by atoms with Crippen LogP contribution in [0.3, 0.4) is 0 Å². The van der Waals surface area contributed by atoms with Crippen LogP contribution >= 0.6 is 0 Å². The molecule has 4 heteroatoms. The fourth-order valence-corrected chi connectivity index (χ4v) is 3.99. The lowest BCUT2D eigenvalue weighted by atomic mass is 10.0. The molecule has 0 unspecified atom stereocenters. The predicted octanol–water partition coefficient (Wildman–Crippen LogP) is 4.80. The van der Waals surface area contributed by atoms with Crippen molar-refractivity contribution in [2.75, 3.05) is 0 Å². The minimum atomic E-state index is -0.0642. The molecule has 0 aliphatic heterocycles. The third-order valence-corrected chi connectivity index (χ3v) is 5.10. The second-order valence-corrected chi connectivity index (χ2v) is 6.49. The van der Waals surface area contributed by atoms with Gasteiger partial charge in [0.15, 0.2) is 0 Å². The number of rotatable bonds is 0. The maximum Gasteiger partial charge on any atom is 0.257 e. The van der Waals surface area contributed by atoms with E-state index < -0.39 is 0 Å². The van der Waals surface area contributed by atoms with Crippen molar-refractivity contribution in [3.63, 3.8) is 0 Å². The number of para-hydroxylation sites is 1. The van der Waals surface area contributed by atoms with Crippen molar-refractivity contribution >= 4 is 54.5 Å². The smallest absolute Gasteiger partial charge is 0.257 e. The van der Waals surface area contributed by atoms with E-state index in [2.05, 4.69) is 45.3 Å². The molecule has 0 atom stereocenters. The van der Waals surface area contributed by atoms with Gasteiger partial charge in [0.2, 0.25) is 0 Å². The maximum atomic E-state index is 12.3. The molecule has 0 aliphatic carbocycles. The Bertz CT molecular complexity index is 1510. The number of aromatic nitrogens is 3. The molecule has 0 spiro atoms. The van der Waals surface area contributed by atoms with Gasteiger partial charge in [-0.2, -0.15) is 0 Å². The van der Waals surface area contributed by atoms with Crippen molar-refractivity contribution in [2.45, 2.75) is 0 Å². The van der Waals surface area contributed by atoms with Crippen molar-refractivity contribution in [2.24, 2.45) is 0 Å². The SMILES string of the molecule is O=c1[nH]c2[nH]c3cc4[nH]c5ccccc5c4cc3c2c2ccccc12. The van der Waals surface area contributed by atoms with Gasteiger partial charge in [0.05, 0.1) is 0 Å². The second kappa shape index (κ2) is 4.30. The molecular weight excluding hydrogens is 310 g/mol. The molecule has 0 radical (unpaired) electrons. The lowest BCUT2D eigenvalue weighted by Crippen LogP contribution is -2.05. The Hall–Kier alpha value is -3.53. The number of nitrogens with one attached hydrogen (secondary N) is 3. The minimum Gasteiger partial charge on any atom is -0.354 e. The van der Waals surface area contributed by atoms with Crippen LogP contribution in [0.1, 0.15) is 0 Å². The van der Waals surface area contributed by atoms with Crippen LogP contribution in [-0.2, 0) is 0 Å². The first-order valence-electron chi connectivity index (χ1n) is 8.26.